The van der Waals surface area contributed by atoms with E-state index in [4.69, 9.17) is 14.4 Å². The number of aromatic nitrogens is 1. The first kappa shape index (κ1) is 13.0. The van der Waals surface area contributed by atoms with Gasteiger partial charge in [0.2, 0.25) is 0 Å². The smallest absolute Gasteiger partial charge is 0.341 e. The fraction of sp³-hybridized carbons (Fsp3) is 0.636. The number of nitrogens with zero attached hydrogens (tertiary/aromatic N) is 2. The zero-order chi connectivity index (χ0) is 13.0. The minimum absolute atomic E-state index is 0.101. The van der Waals surface area contributed by atoms with Gasteiger partial charge in [0.15, 0.2) is 5.76 Å². The molecule has 1 saturated heterocycles. The van der Waals surface area contributed by atoms with Gasteiger partial charge >= 0.3 is 5.97 Å². The maximum Gasteiger partial charge on any atom is 0.341 e. The van der Waals surface area contributed by atoms with Crippen molar-refractivity contribution in [2.24, 2.45) is 0 Å². The highest BCUT2D eigenvalue weighted by Gasteiger charge is 2.18. The Morgan fingerprint density at radius 2 is 2.56 bits per heavy atom. The monoisotopic (exact) mass is 255 g/mol. The van der Waals surface area contributed by atoms with E-state index in [1.807, 2.05) is 0 Å². The van der Waals surface area contributed by atoms with Gasteiger partial charge in [-0.3, -0.25) is 0 Å². The van der Waals surface area contributed by atoms with E-state index in [0.717, 1.165) is 19.7 Å². The number of ether oxygens (including phenoxy) is 1. The molecule has 0 aliphatic carbocycles. The largest absolute Gasteiger partial charge is 0.478 e. The predicted molar refractivity (Wildman–Crippen MR) is 62.4 cm³/mol. The van der Waals surface area contributed by atoms with Gasteiger partial charge < -0.3 is 24.6 Å². The lowest BCUT2D eigenvalue weighted by molar-refractivity contribution is -0.0184. The first-order chi connectivity index (χ1) is 8.66. The highest BCUT2D eigenvalue weighted by atomic mass is 16.5. The quantitative estimate of drug-likeness (QED) is 0.752. The molecule has 1 aliphatic heterocycles. The first-order valence-electron chi connectivity index (χ1n) is 5.84. The van der Waals surface area contributed by atoms with Crippen LogP contribution in [0.5, 0.6) is 0 Å². The van der Waals surface area contributed by atoms with E-state index in [1.165, 1.54) is 6.20 Å². The van der Waals surface area contributed by atoms with Crippen molar-refractivity contribution < 1.29 is 19.2 Å². The number of nitrogens with one attached hydrogen (secondary N) is 1. The van der Waals surface area contributed by atoms with Gasteiger partial charge in [0.1, 0.15) is 5.56 Å². The van der Waals surface area contributed by atoms with Crippen LogP contribution in [0.1, 0.15) is 16.1 Å². The molecular formula is C11H17N3O4. The Labute approximate surface area is 105 Å². The predicted octanol–water partition coefficient (Wildman–Crippen LogP) is -0.207. The molecule has 0 radical (unpaired) electrons. The number of likely N-dealkylation sites (N-methyl/N-ethyl adjacent to an activating group) is 1. The van der Waals surface area contributed by atoms with Crippen LogP contribution in [-0.4, -0.2) is 60.5 Å². The fourth-order valence-electron chi connectivity index (χ4n) is 1.90. The summed E-state index contributed by atoms with van der Waals surface area (Å²) in [5.41, 5.74) is 0.101. The van der Waals surface area contributed by atoms with Crippen molar-refractivity contribution >= 4 is 5.97 Å². The van der Waals surface area contributed by atoms with E-state index in [0.29, 0.717) is 18.8 Å². The molecule has 1 aromatic rings. The van der Waals surface area contributed by atoms with Crippen LogP contribution < -0.4 is 5.32 Å². The van der Waals surface area contributed by atoms with Crippen molar-refractivity contribution in [3.8, 4) is 0 Å². The molecule has 0 bridgehead atoms. The minimum atomic E-state index is -1.03. The number of morpholine rings is 1. The van der Waals surface area contributed by atoms with Crippen LogP contribution in [0.3, 0.4) is 0 Å². The van der Waals surface area contributed by atoms with E-state index < -0.39 is 5.97 Å². The molecule has 0 aromatic carbocycles. The number of carboxylic acid groups (broad SMARTS) is 1. The van der Waals surface area contributed by atoms with E-state index >= 15 is 0 Å². The second-order valence-electron chi connectivity index (χ2n) is 4.35. The average Bonchev–Trinajstić information content (AvgIpc) is 2.77. The third-order valence-electron chi connectivity index (χ3n) is 2.87. The van der Waals surface area contributed by atoms with E-state index in [-0.39, 0.29) is 11.7 Å². The highest BCUT2D eigenvalue weighted by Crippen LogP contribution is 2.08. The zero-order valence-electron chi connectivity index (χ0n) is 10.3. The average molecular weight is 255 g/mol. The lowest BCUT2D eigenvalue weighted by atomic mass is 10.2. The molecule has 7 heteroatoms. The molecule has 0 spiro atoms. The Morgan fingerprint density at radius 3 is 3.28 bits per heavy atom. The highest BCUT2D eigenvalue weighted by molar-refractivity contribution is 5.88. The topological polar surface area (TPSA) is 87.8 Å². The van der Waals surface area contributed by atoms with E-state index in [1.54, 1.807) is 0 Å². The van der Waals surface area contributed by atoms with Crippen LogP contribution in [0.25, 0.3) is 0 Å². The van der Waals surface area contributed by atoms with E-state index in [2.05, 4.69) is 22.4 Å². The van der Waals surface area contributed by atoms with Gasteiger partial charge in [-0.15, -0.1) is 0 Å². The number of hydrogen-bond donors (Lipinski definition) is 2. The number of carbonyl (C=O) groups is 1. The second-order valence-corrected chi connectivity index (χ2v) is 4.35. The van der Waals surface area contributed by atoms with Crippen molar-refractivity contribution in [3.05, 3.63) is 17.5 Å². The van der Waals surface area contributed by atoms with Gasteiger partial charge in [-0.25, -0.2) is 4.79 Å². The van der Waals surface area contributed by atoms with Gasteiger partial charge in [-0.05, 0) is 7.05 Å². The Kier molecular flexibility index (Phi) is 4.29. The molecule has 1 aliphatic rings. The van der Waals surface area contributed by atoms with Crippen LogP contribution in [-0.2, 0) is 11.3 Å². The third kappa shape index (κ3) is 3.28. The van der Waals surface area contributed by atoms with Crippen molar-refractivity contribution in [3.63, 3.8) is 0 Å². The summed E-state index contributed by atoms with van der Waals surface area (Å²) in [6, 6.07) is 0. The molecule has 2 heterocycles. The molecule has 1 unspecified atom stereocenters. The number of hydrogen-bond acceptors (Lipinski definition) is 6. The Hall–Kier alpha value is -1.44. The summed E-state index contributed by atoms with van der Waals surface area (Å²) in [6.45, 7) is 3.54. The first-order valence-corrected chi connectivity index (χ1v) is 5.84. The number of aromatic carboxylic acids is 1. The third-order valence-corrected chi connectivity index (χ3v) is 2.87. The molecule has 0 saturated carbocycles. The van der Waals surface area contributed by atoms with Crippen molar-refractivity contribution in [1.82, 2.24) is 15.4 Å². The summed E-state index contributed by atoms with van der Waals surface area (Å²) >= 11 is 0. The van der Waals surface area contributed by atoms with Crippen molar-refractivity contribution in [2.45, 2.75) is 12.6 Å². The summed E-state index contributed by atoms with van der Waals surface area (Å²) in [6.07, 6.45) is 1.34. The van der Waals surface area contributed by atoms with Crippen molar-refractivity contribution in [1.29, 1.82) is 0 Å². The second kappa shape index (κ2) is 5.94. The number of carboxylic acids is 1. The van der Waals surface area contributed by atoms with Gasteiger partial charge in [0.25, 0.3) is 0 Å². The Balaban J connectivity index is 1.78. The summed E-state index contributed by atoms with van der Waals surface area (Å²) in [5.74, 6) is -0.687. The van der Waals surface area contributed by atoms with Crippen LogP contribution in [0.15, 0.2) is 10.7 Å². The molecule has 0 amide bonds. The Bertz CT molecular complexity index is 407. The summed E-state index contributed by atoms with van der Waals surface area (Å²) in [5, 5.41) is 15.5. The molecule has 1 fully saturated rings. The SMILES string of the molecule is CN1CCOC(CNCc2oncc2C(=O)O)C1. The van der Waals surface area contributed by atoms with Crippen LogP contribution in [0, 0.1) is 0 Å². The molecule has 18 heavy (non-hydrogen) atoms. The molecule has 1 aromatic heterocycles. The van der Waals surface area contributed by atoms with Gasteiger partial charge in [-0.2, -0.15) is 0 Å². The molecular weight excluding hydrogens is 238 g/mol. The normalized spacial score (nSPS) is 21.1. The summed E-state index contributed by atoms with van der Waals surface area (Å²) < 4.78 is 10.5. The minimum Gasteiger partial charge on any atom is -0.478 e. The molecule has 2 N–H and O–H groups in total. The molecule has 100 valence electrons. The lowest BCUT2D eigenvalue weighted by Crippen LogP contribution is -2.44. The Morgan fingerprint density at radius 1 is 1.72 bits per heavy atom. The van der Waals surface area contributed by atoms with Gasteiger partial charge in [0.05, 0.1) is 25.5 Å². The van der Waals surface area contributed by atoms with Crippen LogP contribution in [0.2, 0.25) is 0 Å². The molecule has 7 nitrogen and oxygen atoms in total. The maximum absolute atomic E-state index is 10.8. The van der Waals surface area contributed by atoms with Crippen LogP contribution in [0.4, 0.5) is 0 Å². The van der Waals surface area contributed by atoms with Gasteiger partial charge in [-0.1, -0.05) is 5.16 Å². The maximum atomic E-state index is 10.8. The standard InChI is InChI=1S/C11H17N3O4/c1-14-2-3-17-8(7-14)4-12-6-10-9(11(15)16)5-13-18-10/h5,8,12H,2-4,6-7H2,1H3,(H,15,16). The molecule has 1 atom stereocenters. The summed E-state index contributed by atoms with van der Waals surface area (Å²) in [4.78, 5) is 13.0. The van der Waals surface area contributed by atoms with E-state index in [9.17, 15) is 4.79 Å². The van der Waals surface area contributed by atoms with Crippen LogP contribution >= 0.6 is 0 Å². The van der Waals surface area contributed by atoms with Crippen molar-refractivity contribution in [2.75, 3.05) is 33.3 Å². The molecule has 2 rings (SSSR count). The van der Waals surface area contributed by atoms with Gasteiger partial charge in [0, 0.05) is 19.6 Å². The zero-order valence-corrected chi connectivity index (χ0v) is 10.3. The lowest BCUT2D eigenvalue weighted by Gasteiger charge is -2.30. The fourth-order valence-corrected chi connectivity index (χ4v) is 1.90. The number of rotatable bonds is 5. The summed E-state index contributed by atoms with van der Waals surface area (Å²) in [7, 11) is 2.05.